The summed E-state index contributed by atoms with van der Waals surface area (Å²) in [6.45, 7) is 4.15. The summed E-state index contributed by atoms with van der Waals surface area (Å²) < 4.78 is 22.7. The lowest BCUT2D eigenvalue weighted by Crippen LogP contribution is -2.30. The lowest BCUT2D eigenvalue weighted by molar-refractivity contribution is -0.115. The van der Waals surface area contributed by atoms with E-state index in [0.29, 0.717) is 16.5 Å². The van der Waals surface area contributed by atoms with Gasteiger partial charge in [-0.3, -0.25) is 4.79 Å². The maximum Gasteiger partial charge on any atom is 0.238 e. The number of nitrogens with zero attached hydrogens (tertiary/aromatic N) is 1. The topological polar surface area (TPSA) is 125 Å². The van der Waals surface area contributed by atoms with E-state index in [0.717, 1.165) is 30.4 Å². The van der Waals surface area contributed by atoms with E-state index in [1.807, 2.05) is 6.92 Å². The highest BCUT2D eigenvalue weighted by molar-refractivity contribution is 7.89. The van der Waals surface area contributed by atoms with Crippen molar-refractivity contribution in [1.29, 1.82) is 5.26 Å². The van der Waals surface area contributed by atoms with E-state index in [1.54, 1.807) is 12.1 Å². The monoisotopic (exact) mass is 432 g/mol. The van der Waals surface area contributed by atoms with Gasteiger partial charge in [-0.05, 0) is 55.4 Å². The van der Waals surface area contributed by atoms with Crippen LogP contribution in [0.5, 0.6) is 0 Å². The first kappa shape index (κ1) is 21.5. The third-order valence-electron chi connectivity index (χ3n) is 5.15. The lowest BCUT2D eigenvalue weighted by Gasteiger charge is -2.17. The predicted molar refractivity (Wildman–Crippen MR) is 113 cm³/mol. The zero-order valence-corrected chi connectivity index (χ0v) is 18.0. The minimum Gasteiger partial charge on any atom is -0.315 e. The number of hydrogen-bond acceptors (Lipinski definition) is 6. The van der Waals surface area contributed by atoms with Crippen LogP contribution in [0.3, 0.4) is 0 Å². The Bertz CT molecular complexity index is 1050. The molecule has 29 heavy (non-hydrogen) atoms. The average molecular weight is 433 g/mol. The third-order valence-corrected chi connectivity index (χ3v) is 7.25. The van der Waals surface area contributed by atoms with E-state index in [1.165, 1.54) is 28.3 Å². The van der Waals surface area contributed by atoms with Crippen molar-refractivity contribution in [3.05, 3.63) is 45.8 Å². The first-order valence-corrected chi connectivity index (χ1v) is 11.8. The number of carbonyl (C=O) groups is 1. The molecule has 2 aromatic rings. The molecular formula is C20H24N4O3S2. The minimum atomic E-state index is -3.73. The predicted octanol–water partition coefficient (Wildman–Crippen LogP) is 2.68. The second-order valence-electron chi connectivity index (χ2n) is 7.43. The Morgan fingerprint density at radius 1 is 1.38 bits per heavy atom. The number of nitriles is 1. The second-order valence-corrected chi connectivity index (χ2v) is 10.1. The number of amides is 1. The van der Waals surface area contributed by atoms with Gasteiger partial charge in [0.15, 0.2) is 0 Å². The van der Waals surface area contributed by atoms with Crippen molar-refractivity contribution < 1.29 is 13.2 Å². The van der Waals surface area contributed by atoms with Crippen LogP contribution in [0.2, 0.25) is 0 Å². The Morgan fingerprint density at radius 3 is 2.69 bits per heavy atom. The number of carbonyl (C=O) groups excluding carboxylic acids is 1. The summed E-state index contributed by atoms with van der Waals surface area (Å²) in [4.78, 5) is 13.7. The molecule has 1 aromatic carbocycles. The highest BCUT2D eigenvalue weighted by atomic mass is 32.2. The second kappa shape index (κ2) is 8.63. The lowest BCUT2D eigenvalue weighted by atomic mass is 9.89. The maximum absolute atomic E-state index is 12.4. The molecule has 9 heteroatoms. The number of primary sulfonamides is 1. The molecule has 0 unspecified atom stereocenters. The summed E-state index contributed by atoms with van der Waals surface area (Å²) in [6.07, 6.45) is 2.90. The van der Waals surface area contributed by atoms with Gasteiger partial charge in [0.1, 0.15) is 11.1 Å². The van der Waals surface area contributed by atoms with Gasteiger partial charge in [-0.1, -0.05) is 19.1 Å². The van der Waals surface area contributed by atoms with Gasteiger partial charge < -0.3 is 10.6 Å². The van der Waals surface area contributed by atoms with Crippen LogP contribution in [0.25, 0.3) is 0 Å². The molecule has 0 saturated heterocycles. The highest BCUT2D eigenvalue weighted by Crippen LogP contribution is 2.39. The van der Waals surface area contributed by atoms with Gasteiger partial charge in [0, 0.05) is 10.9 Å². The van der Waals surface area contributed by atoms with Gasteiger partial charge in [0.2, 0.25) is 15.9 Å². The summed E-state index contributed by atoms with van der Waals surface area (Å²) in [7, 11) is -3.73. The highest BCUT2D eigenvalue weighted by Gasteiger charge is 2.24. The van der Waals surface area contributed by atoms with Gasteiger partial charge in [0.25, 0.3) is 0 Å². The fourth-order valence-electron chi connectivity index (χ4n) is 3.44. The smallest absolute Gasteiger partial charge is 0.238 e. The number of sulfonamides is 1. The summed E-state index contributed by atoms with van der Waals surface area (Å²) >= 11 is 1.50. The molecule has 2 atom stereocenters. The van der Waals surface area contributed by atoms with Gasteiger partial charge in [-0.2, -0.15) is 5.26 Å². The van der Waals surface area contributed by atoms with Crippen molar-refractivity contribution in [3.8, 4) is 6.07 Å². The maximum atomic E-state index is 12.4. The molecule has 0 aliphatic heterocycles. The van der Waals surface area contributed by atoms with Gasteiger partial charge in [-0.15, -0.1) is 11.3 Å². The SMILES string of the molecule is C[C@H]1CCc2c(sc(NC(=O)CN[C@H](C)c3ccc(S(N)(=O)=O)cc3)c2C#N)C1. The molecular weight excluding hydrogens is 408 g/mol. The molecule has 1 amide bonds. The number of anilines is 1. The van der Waals surface area contributed by atoms with Gasteiger partial charge in [-0.25, -0.2) is 13.6 Å². The minimum absolute atomic E-state index is 0.0474. The summed E-state index contributed by atoms with van der Waals surface area (Å²) in [5.41, 5.74) is 2.52. The average Bonchev–Trinajstić information content (AvgIpc) is 3.01. The van der Waals surface area contributed by atoms with Gasteiger partial charge >= 0.3 is 0 Å². The molecule has 0 radical (unpaired) electrons. The fourth-order valence-corrected chi connectivity index (χ4v) is 5.33. The largest absolute Gasteiger partial charge is 0.315 e. The van der Waals surface area contributed by atoms with Crippen LogP contribution >= 0.6 is 11.3 Å². The first-order chi connectivity index (χ1) is 13.7. The Balaban J connectivity index is 1.61. The van der Waals surface area contributed by atoms with E-state index < -0.39 is 10.0 Å². The van der Waals surface area contributed by atoms with E-state index in [4.69, 9.17) is 5.14 Å². The van der Waals surface area contributed by atoms with E-state index in [2.05, 4.69) is 23.6 Å². The van der Waals surface area contributed by atoms with E-state index >= 15 is 0 Å². The Hall–Kier alpha value is -2.25. The number of benzene rings is 1. The van der Waals surface area contributed by atoms with Crippen LogP contribution in [-0.4, -0.2) is 20.9 Å². The van der Waals surface area contributed by atoms with Crippen LogP contribution < -0.4 is 15.8 Å². The van der Waals surface area contributed by atoms with E-state index in [9.17, 15) is 18.5 Å². The first-order valence-electron chi connectivity index (χ1n) is 9.39. The standard InChI is InChI=1S/C20H24N4O3S2/c1-12-3-8-16-17(10-21)20(28-18(16)9-12)24-19(25)11-23-13(2)14-4-6-15(7-5-14)29(22,26)27/h4-7,12-13,23H,3,8-9,11H2,1-2H3,(H,24,25)(H2,22,26,27)/t12-,13+/m0/s1. The molecule has 0 saturated carbocycles. The van der Waals surface area contributed by atoms with Crippen LogP contribution in [0.1, 0.15) is 47.9 Å². The van der Waals surface area contributed by atoms with E-state index in [-0.39, 0.29) is 23.4 Å². The van der Waals surface area contributed by atoms with Crippen molar-refractivity contribution in [2.24, 2.45) is 11.1 Å². The Kier molecular flexibility index (Phi) is 6.39. The molecule has 1 heterocycles. The van der Waals surface area contributed by atoms with Crippen molar-refractivity contribution in [2.75, 3.05) is 11.9 Å². The van der Waals surface area contributed by atoms with Crippen molar-refractivity contribution in [1.82, 2.24) is 5.32 Å². The third kappa shape index (κ3) is 5.03. The molecule has 3 rings (SSSR count). The number of thiophene rings is 1. The van der Waals surface area contributed by atoms with Gasteiger partial charge in [0.05, 0.1) is 17.0 Å². The van der Waals surface area contributed by atoms with Crippen molar-refractivity contribution in [3.63, 3.8) is 0 Å². The number of nitrogens with two attached hydrogens (primary N) is 1. The normalized spacial score (nSPS) is 17.2. The van der Waals surface area contributed by atoms with Crippen LogP contribution in [0.4, 0.5) is 5.00 Å². The number of fused-ring (bicyclic) bond motifs is 1. The molecule has 0 fully saturated rings. The summed E-state index contributed by atoms with van der Waals surface area (Å²) in [6, 6.07) is 8.30. The Morgan fingerprint density at radius 2 is 2.07 bits per heavy atom. The van der Waals surface area contributed by atoms with Crippen molar-refractivity contribution in [2.45, 2.75) is 44.0 Å². The molecule has 154 valence electrons. The molecule has 1 aliphatic carbocycles. The Labute approximate surface area is 175 Å². The van der Waals surface area contributed by atoms with Crippen LogP contribution in [-0.2, 0) is 27.7 Å². The molecule has 0 bridgehead atoms. The molecule has 7 nitrogen and oxygen atoms in total. The van der Waals surface area contributed by atoms with Crippen LogP contribution in [0.15, 0.2) is 29.2 Å². The van der Waals surface area contributed by atoms with Crippen molar-refractivity contribution >= 4 is 32.3 Å². The zero-order valence-electron chi connectivity index (χ0n) is 16.4. The number of hydrogen-bond donors (Lipinski definition) is 3. The summed E-state index contributed by atoms with van der Waals surface area (Å²) in [5, 5.41) is 21.2. The molecule has 0 spiro atoms. The molecule has 4 N–H and O–H groups in total. The molecule has 1 aliphatic rings. The molecule has 1 aromatic heterocycles. The number of rotatable bonds is 6. The quantitative estimate of drug-likeness (QED) is 0.647. The number of nitrogens with one attached hydrogen (secondary N) is 2. The summed E-state index contributed by atoms with van der Waals surface area (Å²) in [5.74, 6) is 0.376. The zero-order chi connectivity index (χ0) is 21.2. The fraction of sp³-hybridized carbons (Fsp3) is 0.400. The van der Waals surface area contributed by atoms with Crippen LogP contribution in [0, 0.1) is 17.2 Å².